The second-order valence-corrected chi connectivity index (χ2v) is 7.47. The first-order valence-electron chi connectivity index (χ1n) is 10.3. The fourth-order valence-electron chi connectivity index (χ4n) is 3.79. The summed E-state index contributed by atoms with van der Waals surface area (Å²) < 4.78 is 5.46. The molecule has 3 rings (SSSR count). The minimum Gasteiger partial charge on any atom is -0.480 e. The number of fused-ring (bicyclic) bond motifs is 3. The molecule has 1 aliphatic carbocycles. The molecule has 8 heteroatoms. The predicted molar refractivity (Wildman–Crippen MR) is 118 cm³/mol. The minimum atomic E-state index is -1.46. The molecule has 2 atom stereocenters. The zero-order chi connectivity index (χ0) is 23.1. The molecule has 4 N–H and O–H groups in total. The second-order valence-electron chi connectivity index (χ2n) is 7.47. The summed E-state index contributed by atoms with van der Waals surface area (Å²) >= 11 is 0. The maximum atomic E-state index is 12.5. The van der Waals surface area contributed by atoms with Gasteiger partial charge in [0.2, 0.25) is 5.91 Å². The largest absolute Gasteiger partial charge is 0.480 e. The Kier molecular flexibility index (Phi) is 7.62. The fourth-order valence-corrected chi connectivity index (χ4v) is 3.79. The molecule has 1 aliphatic rings. The summed E-state index contributed by atoms with van der Waals surface area (Å²) in [7, 11) is 0. The van der Waals surface area contributed by atoms with E-state index in [-0.39, 0.29) is 18.9 Å². The van der Waals surface area contributed by atoms with Gasteiger partial charge in [-0.05, 0) is 35.1 Å². The fraction of sp³-hybridized carbons (Fsp3) is 0.292. The number of ether oxygens (including phenoxy) is 1. The van der Waals surface area contributed by atoms with Crippen molar-refractivity contribution >= 4 is 18.0 Å². The zero-order valence-corrected chi connectivity index (χ0v) is 17.5. The van der Waals surface area contributed by atoms with Gasteiger partial charge in [-0.3, -0.25) is 4.79 Å². The topological polar surface area (TPSA) is 125 Å². The van der Waals surface area contributed by atoms with E-state index in [2.05, 4.69) is 17.2 Å². The van der Waals surface area contributed by atoms with Crippen molar-refractivity contribution in [1.82, 2.24) is 10.6 Å². The van der Waals surface area contributed by atoms with Crippen LogP contribution in [0.25, 0.3) is 11.1 Å². The van der Waals surface area contributed by atoms with Crippen LogP contribution >= 0.6 is 0 Å². The Hall–Kier alpha value is -3.65. The molecule has 0 fully saturated rings. The second kappa shape index (κ2) is 10.6. The number of nitrogens with one attached hydrogen (secondary N) is 2. The molecule has 32 heavy (non-hydrogen) atoms. The van der Waals surface area contributed by atoms with Crippen molar-refractivity contribution in [2.45, 2.75) is 30.8 Å². The Morgan fingerprint density at radius 3 is 2.12 bits per heavy atom. The molecule has 2 amide bonds. The SMILES string of the molecule is C=CCCC(NC(=O)OCC1c2ccccc2-c2ccccc21)C(=O)NC(CO)C(=O)O. The lowest BCUT2D eigenvalue weighted by atomic mass is 9.98. The lowest BCUT2D eigenvalue weighted by Gasteiger charge is -2.21. The molecule has 0 bridgehead atoms. The van der Waals surface area contributed by atoms with Crippen LogP contribution in [0.1, 0.15) is 29.9 Å². The van der Waals surface area contributed by atoms with Gasteiger partial charge in [-0.25, -0.2) is 9.59 Å². The maximum Gasteiger partial charge on any atom is 0.407 e. The van der Waals surface area contributed by atoms with E-state index < -0.39 is 36.7 Å². The van der Waals surface area contributed by atoms with Crippen LogP contribution in [0.2, 0.25) is 0 Å². The lowest BCUT2D eigenvalue weighted by molar-refractivity contribution is -0.143. The molecule has 0 aromatic heterocycles. The van der Waals surface area contributed by atoms with Crippen molar-refractivity contribution in [1.29, 1.82) is 0 Å². The smallest absolute Gasteiger partial charge is 0.407 e. The molecule has 0 aliphatic heterocycles. The van der Waals surface area contributed by atoms with Crippen LogP contribution in [-0.2, 0) is 14.3 Å². The molecule has 0 radical (unpaired) electrons. The van der Waals surface area contributed by atoms with Crippen LogP contribution in [0.5, 0.6) is 0 Å². The van der Waals surface area contributed by atoms with Crippen LogP contribution in [0.15, 0.2) is 61.2 Å². The molecule has 2 unspecified atom stereocenters. The third-order valence-corrected chi connectivity index (χ3v) is 5.41. The molecule has 0 saturated heterocycles. The average Bonchev–Trinajstić information content (AvgIpc) is 3.12. The maximum absolute atomic E-state index is 12.5. The van der Waals surface area contributed by atoms with Gasteiger partial charge >= 0.3 is 12.1 Å². The number of amides is 2. The van der Waals surface area contributed by atoms with Crippen molar-refractivity contribution in [3.05, 3.63) is 72.3 Å². The molecule has 0 heterocycles. The molecule has 8 nitrogen and oxygen atoms in total. The number of alkyl carbamates (subject to hydrolysis) is 1. The van der Waals surface area contributed by atoms with Crippen LogP contribution in [-0.4, -0.2) is 53.5 Å². The number of aliphatic carboxylic acids is 1. The number of aliphatic hydroxyl groups is 1. The van der Waals surface area contributed by atoms with E-state index >= 15 is 0 Å². The number of carbonyl (C=O) groups excluding carboxylic acids is 2. The minimum absolute atomic E-state index is 0.0873. The van der Waals surface area contributed by atoms with E-state index in [1.807, 2.05) is 48.5 Å². The summed E-state index contributed by atoms with van der Waals surface area (Å²) in [5.74, 6) is -2.22. The summed E-state index contributed by atoms with van der Waals surface area (Å²) in [6, 6.07) is 13.4. The standard InChI is InChI=1S/C24H26N2O6/c1-2-3-12-20(22(28)25-21(13-27)23(29)30)26-24(31)32-14-19-17-10-6-4-8-15(17)16-9-5-7-11-18(16)19/h2,4-11,19-21,27H,1,3,12-14H2,(H,25,28)(H,26,31)(H,29,30). The van der Waals surface area contributed by atoms with E-state index in [1.54, 1.807) is 6.08 Å². The van der Waals surface area contributed by atoms with Gasteiger partial charge in [-0.15, -0.1) is 6.58 Å². The summed E-state index contributed by atoms with van der Waals surface area (Å²) in [6.07, 6.45) is 1.42. The Labute approximate surface area is 185 Å². The molecule has 0 spiro atoms. The third kappa shape index (κ3) is 5.15. The molecule has 2 aromatic rings. The van der Waals surface area contributed by atoms with Gasteiger partial charge in [0.25, 0.3) is 0 Å². The monoisotopic (exact) mass is 438 g/mol. The molecule has 168 valence electrons. The van der Waals surface area contributed by atoms with Crippen LogP contribution in [0.4, 0.5) is 4.79 Å². The predicted octanol–water partition coefficient (Wildman–Crippen LogP) is 2.42. The van der Waals surface area contributed by atoms with Crippen molar-refractivity contribution < 1.29 is 29.3 Å². The summed E-state index contributed by atoms with van der Waals surface area (Å²) in [4.78, 5) is 36.0. The highest BCUT2D eigenvalue weighted by atomic mass is 16.5. The number of aliphatic hydroxyl groups excluding tert-OH is 1. The molecule has 0 saturated carbocycles. The number of carbonyl (C=O) groups is 3. The van der Waals surface area contributed by atoms with Crippen LogP contribution in [0.3, 0.4) is 0 Å². The van der Waals surface area contributed by atoms with Gasteiger partial charge in [0, 0.05) is 5.92 Å². The van der Waals surface area contributed by atoms with Crippen LogP contribution < -0.4 is 10.6 Å². The lowest BCUT2D eigenvalue weighted by Crippen LogP contribution is -2.52. The number of allylic oxidation sites excluding steroid dienone is 1. The zero-order valence-electron chi connectivity index (χ0n) is 17.5. The molecule has 2 aromatic carbocycles. The van der Waals surface area contributed by atoms with Crippen molar-refractivity contribution in [2.75, 3.05) is 13.2 Å². The van der Waals surface area contributed by atoms with E-state index in [0.717, 1.165) is 22.3 Å². The van der Waals surface area contributed by atoms with E-state index in [9.17, 15) is 14.4 Å². The van der Waals surface area contributed by atoms with Gasteiger partial charge < -0.3 is 25.6 Å². The quantitative estimate of drug-likeness (QED) is 0.422. The first-order valence-corrected chi connectivity index (χ1v) is 10.3. The van der Waals surface area contributed by atoms with Crippen molar-refractivity contribution in [2.24, 2.45) is 0 Å². The van der Waals surface area contributed by atoms with Crippen LogP contribution in [0, 0.1) is 0 Å². The number of carboxylic acids is 1. The van der Waals surface area contributed by atoms with Gasteiger partial charge in [-0.2, -0.15) is 0 Å². The molecular weight excluding hydrogens is 412 g/mol. The number of hydrogen-bond donors (Lipinski definition) is 4. The van der Waals surface area contributed by atoms with E-state index in [4.69, 9.17) is 14.9 Å². The third-order valence-electron chi connectivity index (χ3n) is 5.41. The van der Waals surface area contributed by atoms with Gasteiger partial charge in [0.15, 0.2) is 0 Å². The van der Waals surface area contributed by atoms with Gasteiger partial charge in [0.05, 0.1) is 6.61 Å². The first kappa shape index (κ1) is 23.0. The van der Waals surface area contributed by atoms with Gasteiger partial charge in [-0.1, -0.05) is 54.6 Å². The Bertz CT molecular complexity index is 960. The summed E-state index contributed by atoms with van der Waals surface area (Å²) in [5.41, 5.74) is 4.33. The van der Waals surface area contributed by atoms with E-state index in [1.165, 1.54) is 0 Å². The molecular formula is C24H26N2O6. The normalized spacial score (nSPS) is 13.9. The summed E-state index contributed by atoms with van der Waals surface area (Å²) in [5, 5.41) is 22.9. The van der Waals surface area contributed by atoms with Crippen molar-refractivity contribution in [3.63, 3.8) is 0 Å². The highest BCUT2D eigenvalue weighted by molar-refractivity contribution is 5.89. The number of benzene rings is 2. The highest BCUT2D eigenvalue weighted by Gasteiger charge is 2.30. The average molecular weight is 438 g/mol. The van der Waals surface area contributed by atoms with Gasteiger partial charge in [0.1, 0.15) is 18.7 Å². The first-order chi connectivity index (χ1) is 15.5. The van der Waals surface area contributed by atoms with E-state index in [0.29, 0.717) is 6.42 Å². The number of hydrogen-bond acceptors (Lipinski definition) is 5. The Morgan fingerprint density at radius 2 is 1.59 bits per heavy atom. The Balaban J connectivity index is 1.66. The van der Waals surface area contributed by atoms with Crippen molar-refractivity contribution in [3.8, 4) is 11.1 Å². The Morgan fingerprint density at radius 1 is 1.00 bits per heavy atom. The highest BCUT2D eigenvalue weighted by Crippen LogP contribution is 2.44. The number of rotatable bonds is 10. The summed E-state index contributed by atoms with van der Waals surface area (Å²) in [6.45, 7) is 2.92. The number of carboxylic acid groups (broad SMARTS) is 1.